The first kappa shape index (κ1) is 20.7. The Morgan fingerprint density at radius 1 is 1.50 bits per heavy atom. The van der Waals surface area contributed by atoms with Gasteiger partial charge in [0.05, 0.1) is 24.1 Å². The van der Waals surface area contributed by atoms with Crippen LogP contribution in [0, 0.1) is 11.3 Å². The molecule has 2 aliphatic rings. The lowest BCUT2D eigenvalue weighted by molar-refractivity contribution is -0.0271. The number of halogens is 1. The van der Waals surface area contributed by atoms with Gasteiger partial charge in [-0.05, 0) is 32.6 Å². The third-order valence-electron chi connectivity index (χ3n) is 5.26. The first-order valence-corrected chi connectivity index (χ1v) is 11.0. The van der Waals surface area contributed by atoms with Crippen LogP contribution in [0.3, 0.4) is 0 Å². The van der Waals surface area contributed by atoms with Crippen LogP contribution in [0.5, 0.6) is 5.88 Å². The van der Waals surface area contributed by atoms with Crippen molar-refractivity contribution in [2.24, 2.45) is 0 Å². The molecule has 0 amide bonds. The fourth-order valence-electron chi connectivity index (χ4n) is 3.55. The fraction of sp³-hybridized carbons (Fsp3) is 0.706. The molecule has 1 aromatic rings. The molecule has 0 unspecified atom stereocenters. The molecule has 4 atom stereocenters. The minimum atomic E-state index is -3.44. The molecular weight excluding hydrogens is 389 g/mol. The van der Waals surface area contributed by atoms with Crippen LogP contribution >= 0.6 is 0 Å². The Bertz CT molecular complexity index is 873. The van der Waals surface area contributed by atoms with Crippen LogP contribution in [0.1, 0.15) is 38.2 Å². The molecule has 2 heterocycles. The molecule has 0 spiro atoms. The lowest BCUT2D eigenvalue weighted by atomic mass is 10.0. The quantitative estimate of drug-likeness (QED) is 0.726. The van der Waals surface area contributed by atoms with Gasteiger partial charge in [0.1, 0.15) is 23.9 Å². The van der Waals surface area contributed by atoms with Crippen LogP contribution in [-0.2, 0) is 10.0 Å². The second-order valence-corrected chi connectivity index (χ2v) is 9.54. The molecule has 2 N–H and O–H groups in total. The van der Waals surface area contributed by atoms with Gasteiger partial charge in [-0.15, -0.1) is 0 Å². The number of rotatable bonds is 5. The second-order valence-electron chi connectivity index (χ2n) is 7.56. The number of alkyl halides is 1. The van der Waals surface area contributed by atoms with E-state index in [4.69, 9.17) is 4.74 Å². The van der Waals surface area contributed by atoms with Crippen molar-refractivity contribution in [3.63, 3.8) is 0 Å². The molecule has 0 aromatic carbocycles. The first-order valence-electron chi connectivity index (χ1n) is 9.12. The standard InChI is InChI=1S/C17H24FN5O4S/c1-17(24)6-3-4-14(17)27-15-11(8-19)9-20-16(22-15)21-13-5-7-23(10-12(13)18)28(2,25)26/h9,12-14,24H,3-7,10H2,1-2H3,(H,20,21,22)/t12-,13-,14+,17-/m0/s1. The minimum absolute atomic E-state index is 0.0381. The van der Waals surface area contributed by atoms with Gasteiger partial charge in [-0.25, -0.2) is 17.8 Å². The third kappa shape index (κ3) is 4.51. The van der Waals surface area contributed by atoms with E-state index in [0.29, 0.717) is 12.8 Å². The number of nitrogens with one attached hydrogen (secondary N) is 1. The maximum absolute atomic E-state index is 14.4. The first-order chi connectivity index (χ1) is 13.1. The predicted octanol–water partition coefficient (Wildman–Crippen LogP) is 0.814. The van der Waals surface area contributed by atoms with E-state index in [1.165, 1.54) is 6.20 Å². The number of hydrogen-bond donors (Lipinski definition) is 2. The van der Waals surface area contributed by atoms with Crippen molar-refractivity contribution in [2.75, 3.05) is 24.7 Å². The van der Waals surface area contributed by atoms with Crippen molar-refractivity contribution >= 4 is 16.0 Å². The lowest BCUT2D eigenvalue weighted by Gasteiger charge is -2.33. The molecule has 9 nitrogen and oxygen atoms in total. The molecular formula is C17H24FN5O4S. The summed E-state index contributed by atoms with van der Waals surface area (Å²) in [7, 11) is -3.44. The maximum Gasteiger partial charge on any atom is 0.236 e. The number of nitriles is 1. The molecule has 1 aromatic heterocycles. The summed E-state index contributed by atoms with van der Waals surface area (Å²) in [4.78, 5) is 8.22. The van der Waals surface area contributed by atoms with Crippen LogP contribution in [0.2, 0.25) is 0 Å². The smallest absolute Gasteiger partial charge is 0.236 e. The predicted molar refractivity (Wildman–Crippen MR) is 99.0 cm³/mol. The van der Waals surface area contributed by atoms with Crippen LogP contribution in [0.4, 0.5) is 10.3 Å². The molecule has 28 heavy (non-hydrogen) atoms. The number of anilines is 1. The van der Waals surface area contributed by atoms with Gasteiger partial charge in [-0.3, -0.25) is 0 Å². The zero-order valence-corrected chi connectivity index (χ0v) is 16.6. The van der Waals surface area contributed by atoms with Crippen LogP contribution in [0.25, 0.3) is 0 Å². The van der Waals surface area contributed by atoms with E-state index in [0.717, 1.165) is 17.0 Å². The van der Waals surface area contributed by atoms with Gasteiger partial charge in [0.25, 0.3) is 0 Å². The molecule has 1 aliphatic carbocycles. The van der Waals surface area contributed by atoms with Crippen molar-refractivity contribution in [3.05, 3.63) is 11.8 Å². The number of aromatic nitrogens is 2. The van der Waals surface area contributed by atoms with Crippen molar-refractivity contribution in [2.45, 2.75) is 56.5 Å². The van der Waals surface area contributed by atoms with Gasteiger partial charge in [-0.1, -0.05) is 0 Å². The summed E-state index contributed by atoms with van der Waals surface area (Å²) in [6, 6.07) is 1.29. The molecule has 0 radical (unpaired) electrons. The van der Waals surface area contributed by atoms with E-state index in [-0.39, 0.29) is 36.9 Å². The fourth-order valence-corrected chi connectivity index (χ4v) is 4.40. The number of ether oxygens (including phenoxy) is 1. The topological polar surface area (TPSA) is 128 Å². The van der Waals surface area contributed by atoms with E-state index >= 15 is 0 Å². The molecule has 2 fully saturated rings. The second kappa shape index (κ2) is 7.77. The summed E-state index contributed by atoms with van der Waals surface area (Å²) in [6.07, 6.45) is 2.71. The van der Waals surface area contributed by atoms with Gasteiger partial charge >= 0.3 is 0 Å². The van der Waals surface area contributed by atoms with Crippen molar-refractivity contribution in [1.82, 2.24) is 14.3 Å². The Balaban J connectivity index is 1.72. The molecule has 154 valence electrons. The summed E-state index contributed by atoms with van der Waals surface area (Å²) in [5.41, 5.74) is -0.884. The third-order valence-corrected chi connectivity index (χ3v) is 6.53. The summed E-state index contributed by atoms with van der Waals surface area (Å²) < 4.78 is 44.5. The number of nitrogens with zero attached hydrogens (tertiary/aromatic N) is 4. The van der Waals surface area contributed by atoms with Crippen molar-refractivity contribution < 1.29 is 22.7 Å². The Morgan fingerprint density at radius 3 is 2.82 bits per heavy atom. The molecule has 3 rings (SSSR count). The highest BCUT2D eigenvalue weighted by molar-refractivity contribution is 7.88. The maximum atomic E-state index is 14.4. The van der Waals surface area contributed by atoms with Gasteiger partial charge in [0.15, 0.2) is 0 Å². The highest BCUT2D eigenvalue weighted by atomic mass is 32.2. The zero-order valence-electron chi connectivity index (χ0n) is 15.8. The van der Waals surface area contributed by atoms with Crippen molar-refractivity contribution in [3.8, 4) is 11.9 Å². The molecule has 1 aliphatic heterocycles. The van der Waals surface area contributed by atoms with Gasteiger partial charge in [-0.2, -0.15) is 14.6 Å². The van der Waals surface area contributed by atoms with Gasteiger partial charge in [0.2, 0.25) is 21.9 Å². The molecule has 11 heteroatoms. The molecule has 1 saturated carbocycles. The van der Waals surface area contributed by atoms with E-state index in [2.05, 4.69) is 15.3 Å². The highest BCUT2D eigenvalue weighted by Crippen LogP contribution is 2.33. The summed E-state index contributed by atoms with van der Waals surface area (Å²) in [6.45, 7) is 1.64. The average molecular weight is 413 g/mol. The van der Waals surface area contributed by atoms with Crippen LogP contribution in [-0.4, -0.2) is 71.1 Å². The Morgan fingerprint density at radius 2 is 2.25 bits per heavy atom. The Hall–Kier alpha value is -2.03. The van der Waals surface area contributed by atoms with E-state index < -0.39 is 33.9 Å². The van der Waals surface area contributed by atoms with E-state index in [9.17, 15) is 23.2 Å². The monoisotopic (exact) mass is 413 g/mol. The van der Waals surface area contributed by atoms with Crippen LogP contribution < -0.4 is 10.1 Å². The number of hydrogen-bond acceptors (Lipinski definition) is 8. The number of piperidine rings is 1. The summed E-state index contributed by atoms with van der Waals surface area (Å²) >= 11 is 0. The summed E-state index contributed by atoms with van der Waals surface area (Å²) in [5, 5.41) is 22.5. The number of aliphatic hydroxyl groups is 1. The highest BCUT2D eigenvalue weighted by Gasteiger charge is 2.39. The van der Waals surface area contributed by atoms with E-state index in [1.807, 2.05) is 6.07 Å². The van der Waals surface area contributed by atoms with Gasteiger partial charge < -0.3 is 15.2 Å². The average Bonchev–Trinajstić information content (AvgIpc) is 2.94. The summed E-state index contributed by atoms with van der Waals surface area (Å²) in [5.74, 6) is 0.128. The molecule has 0 bridgehead atoms. The Labute approximate surface area is 163 Å². The van der Waals surface area contributed by atoms with Crippen LogP contribution in [0.15, 0.2) is 6.20 Å². The SMILES string of the molecule is C[C@]1(O)CCC[C@H]1Oc1nc(N[C@H]2CCN(S(C)(=O)=O)C[C@@H]2F)ncc1C#N. The lowest BCUT2D eigenvalue weighted by Crippen LogP contribution is -2.49. The van der Waals surface area contributed by atoms with Gasteiger partial charge in [0, 0.05) is 13.1 Å². The van der Waals surface area contributed by atoms with Crippen molar-refractivity contribution in [1.29, 1.82) is 5.26 Å². The Kier molecular flexibility index (Phi) is 5.74. The largest absolute Gasteiger partial charge is 0.470 e. The van der Waals surface area contributed by atoms with E-state index in [1.54, 1.807) is 6.92 Å². The number of sulfonamides is 1. The zero-order chi connectivity index (χ0) is 20.5. The minimum Gasteiger partial charge on any atom is -0.470 e. The molecule has 1 saturated heterocycles. The normalized spacial score (nSPS) is 31.3.